The molecule has 0 saturated carbocycles. The molecule has 4 heterocycles. The SMILES string of the molecule is O=C(NC1CCN(c2nnc3ccc(Cl)cn23)CC1)c1ccco1. The van der Waals surface area contributed by atoms with E-state index in [9.17, 15) is 4.79 Å². The maximum absolute atomic E-state index is 12.0. The molecule has 0 unspecified atom stereocenters. The zero-order chi connectivity index (χ0) is 16.5. The second-order valence-electron chi connectivity index (χ2n) is 5.79. The van der Waals surface area contributed by atoms with Crippen molar-refractivity contribution in [2.75, 3.05) is 18.0 Å². The van der Waals surface area contributed by atoms with Gasteiger partial charge in [0.05, 0.1) is 11.3 Å². The van der Waals surface area contributed by atoms with E-state index < -0.39 is 0 Å². The molecule has 24 heavy (non-hydrogen) atoms. The predicted molar refractivity (Wildman–Crippen MR) is 89.4 cm³/mol. The summed E-state index contributed by atoms with van der Waals surface area (Å²) in [6.45, 7) is 1.58. The predicted octanol–water partition coefficient (Wildman–Crippen LogP) is 2.37. The Balaban J connectivity index is 1.42. The van der Waals surface area contributed by atoms with Gasteiger partial charge in [-0.3, -0.25) is 9.20 Å². The van der Waals surface area contributed by atoms with Crippen molar-refractivity contribution in [1.82, 2.24) is 19.9 Å². The van der Waals surface area contributed by atoms with Gasteiger partial charge in [-0.15, -0.1) is 10.2 Å². The van der Waals surface area contributed by atoms with Crippen LogP contribution in [0.2, 0.25) is 5.02 Å². The molecule has 0 radical (unpaired) electrons. The highest BCUT2D eigenvalue weighted by Crippen LogP contribution is 2.21. The number of aromatic nitrogens is 3. The Morgan fingerprint density at radius 1 is 1.25 bits per heavy atom. The molecule has 1 N–H and O–H groups in total. The van der Waals surface area contributed by atoms with E-state index in [2.05, 4.69) is 20.4 Å². The lowest BCUT2D eigenvalue weighted by Crippen LogP contribution is -2.45. The van der Waals surface area contributed by atoms with Crippen LogP contribution in [0.4, 0.5) is 5.95 Å². The average Bonchev–Trinajstić information content (AvgIpc) is 3.25. The molecule has 1 saturated heterocycles. The molecule has 1 amide bonds. The van der Waals surface area contributed by atoms with Crippen LogP contribution in [0.1, 0.15) is 23.4 Å². The molecular formula is C16H16ClN5O2. The number of furan rings is 1. The van der Waals surface area contributed by atoms with Crippen molar-refractivity contribution < 1.29 is 9.21 Å². The van der Waals surface area contributed by atoms with Crippen LogP contribution in [0, 0.1) is 0 Å². The number of amides is 1. The van der Waals surface area contributed by atoms with Gasteiger partial charge in [0.2, 0.25) is 5.95 Å². The van der Waals surface area contributed by atoms with Crippen molar-refractivity contribution in [3.05, 3.63) is 47.5 Å². The zero-order valence-corrected chi connectivity index (χ0v) is 13.6. The van der Waals surface area contributed by atoms with Crippen LogP contribution in [-0.2, 0) is 0 Å². The summed E-state index contributed by atoms with van der Waals surface area (Å²) in [5.41, 5.74) is 0.766. The summed E-state index contributed by atoms with van der Waals surface area (Å²) in [4.78, 5) is 14.2. The van der Waals surface area contributed by atoms with E-state index in [0.29, 0.717) is 10.8 Å². The van der Waals surface area contributed by atoms with Gasteiger partial charge in [-0.1, -0.05) is 11.6 Å². The van der Waals surface area contributed by atoms with E-state index in [0.717, 1.165) is 37.5 Å². The van der Waals surface area contributed by atoms with E-state index in [1.165, 1.54) is 6.26 Å². The number of hydrogen-bond donors (Lipinski definition) is 1. The average molecular weight is 346 g/mol. The number of hydrogen-bond acceptors (Lipinski definition) is 5. The standard InChI is InChI=1S/C16H16ClN5O2/c17-11-3-4-14-19-20-16(22(14)10-11)21-7-5-12(6-8-21)18-15(23)13-2-1-9-24-13/h1-4,9-10,12H,5-8H2,(H,18,23). The molecular weight excluding hydrogens is 330 g/mol. The third-order valence-electron chi connectivity index (χ3n) is 4.21. The topological polar surface area (TPSA) is 75.7 Å². The van der Waals surface area contributed by atoms with Gasteiger partial charge in [-0.2, -0.15) is 0 Å². The van der Waals surface area contributed by atoms with Gasteiger partial charge in [-0.25, -0.2) is 0 Å². The summed E-state index contributed by atoms with van der Waals surface area (Å²) in [5, 5.41) is 12.1. The highest BCUT2D eigenvalue weighted by molar-refractivity contribution is 6.30. The van der Waals surface area contributed by atoms with E-state index in [4.69, 9.17) is 16.0 Å². The molecule has 1 fully saturated rings. The third-order valence-corrected chi connectivity index (χ3v) is 4.43. The molecule has 0 bridgehead atoms. The van der Waals surface area contributed by atoms with Crippen molar-refractivity contribution in [2.24, 2.45) is 0 Å². The minimum atomic E-state index is -0.168. The normalized spacial score (nSPS) is 15.8. The monoisotopic (exact) mass is 345 g/mol. The highest BCUT2D eigenvalue weighted by Gasteiger charge is 2.24. The number of fused-ring (bicyclic) bond motifs is 1. The summed E-state index contributed by atoms with van der Waals surface area (Å²) in [7, 11) is 0. The molecule has 1 aliphatic heterocycles. The Kier molecular flexibility index (Phi) is 3.86. The number of pyridine rings is 1. The van der Waals surface area contributed by atoms with Crippen LogP contribution in [-0.4, -0.2) is 39.6 Å². The van der Waals surface area contributed by atoms with Crippen LogP contribution >= 0.6 is 11.6 Å². The van der Waals surface area contributed by atoms with E-state index in [1.54, 1.807) is 18.2 Å². The molecule has 3 aromatic heterocycles. The number of nitrogens with zero attached hydrogens (tertiary/aromatic N) is 4. The Morgan fingerprint density at radius 2 is 2.08 bits per heavy atom. The summed E-state index contributed by atoms with van der Waals surface area (Å²) in [6, 6.07) is 7.14. The Labute approximate surface area is 143 Å². The number of carbonyl (C=O) groups excluding carboxylic acids is 1. The highest BCUT2D eigenvalue weighted by atomic mass is 35.5. The van der Waals surface area contributed by atoms with Crippen molar-refractivity contribution in [2.45, 2.75) is 18.9 Å². The zero-order valence-electron chi connectivity index (χ0n) is 12.9. The second-order valence-corrected chi connectivity index (χ2v) is 6.22. The molecule has 0 spiro atoms. The van der Waals surface area contributed by atoms with Crippen molar-refractivity contribution >= 4 is 29.1 Å². The maximum atomic E-state index is 12.0. The Morgan fingerprint density at radius 3 is 2.83 bits per heavy atom. The fraction of sp³-hybridized carbons (Fsp3) is 0.312. The van der Waals surface area contributed by atoms with Crippen molar-refractivity contribution in [3.8, 4) is 0 Å². The van der Waals surface area contributed by atoms with Gasteiger partial charge in [0.15, 0.2) is 11.4 Å². The second kappa shape index (κ2) is 6.16. The van der Waals surface area contributed by atoms with Crippen LogP contribution < -0.4 is 10.2 Å². The first-order chi connectivity index (χ1) is 11.7. The summed E-state index contributed by atoms with van der Waals surface area (Å²) in [6.07, 6.45) is 4.99. The number of anilines is 1. The quantitative estimate of drug-likeness (QED) is 0.788. The minimum Gasteiger partial charge on any atom is -0.459 e. The van der Waals surface area contributed by atoms with Gasteiger partial charge in [0, 0.05) is 25.3 Å². The largest absolute Gasteiger partial charge is 0.459 e. The molecule has 0 atom stereocenters. The maximum Gasteiger partial charge on any atom is 0.287 e. The number of piperidine rings is 1. The molecule has 3 aromatic rings. The third kappa shape index (κ3) is 2.82. The van der Waals surface area contributed by atoms with Crippen LogP contribution in [0.3, 0.4) is 0 Å². The van der Waals surface area contributed by atoms with Crippen molar-refractivity contribution in [3.63, 3.8) is 0 Å². The van der Waals surface area contributed by atoms with E-state index >= 15 is 0 Å². The van der Waals surface area contributed by atoms with Gasteiger partial charge in [-0.05, 0) is 37.1 Å². The van der Waals surface area contributed by atoms with Crippen LogP contribution in [0.5, 0.6) is 0 Å². The lowest BCUT2D eigenvalue weighted by atomic mass is 10.1. The molecule has 7 nitrogen and oxygen atoms in total. The molecule has 8 heteroatoms. The number of rotatable bonds is 3. The first-order valence-corrected chi connectivity index (χ1v) is 8.18. The minimum absolute atomic E-state index is 0.127. The fourth-order valence-corrected chi connectivity index (χ4v) is 3.12. The smallest absolute Gasteiger partial charge is 0.287 e. The fourth-order valence-electron chi connectivity index (χ4n) is 2.96. The van der Waals surface area contributed by atoms with Crippen LogP contribution in [0.15, 0.2) is 41.1 Å². The first kappa shape index (κ1) is 15.0. The van der Waals surface area contributed by atoms with E-state index in [-0.39, 0.29) is 11.9 Å². The summed E-state index contributed by atoms with van der Waals surface area (Å²) >= 11 is 6.06. The molecule has 4 rings (SSSR count). The lowest BCUT2D eigenvalue weighted by molar-refractivity contribution is 0.0903. The Bertz CT molecular complexity index is 853. The van der Waals surface area contributed by atoms with Gasteiger partial charge >= 0.3 is 0 Å². The molecule has 0 aliphatic carbocycles. The summed E-state index contributed by atoms with van der Waals surface area (Å²) in [5.74, 6) is 0.956. The number of carbonyl (C=O) groups is 1. The summed E-state index contributed by atoms with van der Waals surface area (Å²) < 4.78 is 7.01. The molecule has 124 valence electrons. The van der Waals surface area contributed by atoms with Crippen LogP contribution in [0.25, 0.3) is 5.65 Å². The van der Waals surface area contributed by atoms with E-state index in [1.807, 2.05) is 16.7 Å². The van der Waals surface area contributed by atoms with Gasteiger partial charge in [0.25, 0.3) is 5.91 Å². The lowest BCUT2D eigenvalue weighted by Gasteiger charge is -2.32. The molecule has 1 aliphatic rings. The number of nitrogens with one attached hydrogen (secondary N) is 1. The first-order valence-electron chi connectivity index (χ1n) is 7.80. The van der Waals surface area contributed by atoms with Crippen molar-refractivity contribution in [1.29, 1.82) is 0 Å². The molecule has 0 aromatic carbocycles. The van der Waals surface area contributed by atoms with Gasteiger partial charge in [0.1, 0.15) is 0 Å². The number of halogens is 1. The Hall–Kier alpha value is -2.54. The van der Waals surface area contributed by atoms with Gasteiger partial charge < -0.3 is 14.6 Å².